The molecule has 3 aliphatic rings. The van der Waals surface area contributed by atoms with Crippen LogP contribution in [0.5, 0.6) is 0 Å². The topological polar surface area (TPSA) is 55.8 Å². The molecule has 0 aliphatic carbocycles. The molecule has 1 amide bonds. The summed E-state index contributed by atoms with van der Waals surface area (Å²) in [5.74, 6) is -1.37. The second kappa shape index (κ2) is 6.54. The maximum absolute atomic E-state index is 13.2. The van der Waals surface area contributed by atoms with Crippen LogP contribution in [0.15, 0.2) is 36.4 Å². The fraction of sp³-hybridized carbons (Fsp3) is 0.524. The highest BCUT2D eigenvalue weighted by molar-refractivity contribution is 6.02. The number of hydrogen-bond acceptors (Lipinski definition) is 4. The molecule has 0 saturated carbocycles. The van der Waals surface area contributed by atoms with E-state index in [0.717, 1.165) is 30.5 Å². The van der Waals surface area contributed by atoms with E-state index < -0.39 is 17.4 Å². The summed E-state index contributed by atoms with van der Waals surface area (Å²) in [7, 11) is 0. The molecule has 2 bridgehead atoms. The van der Waals surface area contributed by atoms with Crippen molar-refractivity contribution in [2.45, 2.75) is 44.8 Å². The Bertz CT molecular complexity index is 758. The van der Waals surface area contributed by atoms with E-state index in [9.17, 15) is 9.59 Å². The van der Waals surface area contributed by atoms with E-state index in [1.807, 2.05) is 43.3 Å². The van der Waals surface area contributed by atoms with Gasteiger partial charge < -0.3 is 14.4 Å². The van der Waals surface area contributed by atoms with Gasteiger partial charge in [-0.2, -0.15) is 0 Å². The van der Waals surface area contributed by atoms with Crippen molar-refractivity contribution in [3.63, 3.8) is 0 Å². The fourth-order valence-electron chi connectivity index (χ4n) is 4.40. The van der Waals surface area contributed by atoms with Crippen LogP contribution < -0.4 is 4.90 Å². The predicted octanol–water partition coefficient (Wildman–Crippen LogP) is 3.01. The molecule has 2 fully saturated rings. The van der Waals surface area contributed by atoms with Crippen molar-refractivity contribution < 1.29 is 19.1 Å². The van der Waals surface area contributed by atoms with Crippen molar-refractivity contribution in [2.24, 2.45) is 11.8 Å². The smallest absolute Gasteiger partial charge is 0.312 e. The Morgan fingerprint density at radius 3 is 3.00 bits per heavy atom. The summed E-state index contributed by atoms with van der Waals surface area (Å²) in [6, 6.07) is 7.86. The number of carbonyl (C=O) groups is 2. The molecule has 5 nitrogen and oxygen atoms in total. The summed E-state index contributed by atoms with van der Waals surface area (Å²) in [6.07, 6.45) is 6.51. The van der Waals surface area contributed by atoms with E-state index in [4.69, 9.17) is 9.47 Å². The number of hydrogen-bond donors (Lipinski definition) is 0. The first-order chi connectivity index (χ1) is 12.6. The quantitative estimate of drug-likeness (QED) is 0.447. The zero-order valence-electron chi connectivity index (χ0n) is 15.3. The highest BCUT2D eigenvalue weighted by Gasteiger charge is 2.67. The minimum absolute atomic E-state index is 0.0436. The highest BCUT2D eigenvalue weighted by Crippen LogP contribution is 2.52. The van der Waals surface area contributed by atoms with Crippen LogP contribution in [0.3, 0.4) is 0 Å². The molecular weight excluding hydrogens is 330 g/mol. The summed E-state index contributed by atoms with van der Waals surface area (Å²) in [4.78, 5) is 27.6. The van der Waals surface area contributed by atoms with Crippen LogP contribution in [0.2, 0.25) is 0 Å². The molecule has 4 atom stereocenters. The summed E-state index contributed by atoms with van der Waals surface area (Å²) in [5.41, 5.74) is 1.25. The molecule has 0 radical (unpaired) electrons. The second-order valence-electron chi connectivity index (χ2n) is 7.54. The van der Waals surface area contributed by atoms with Crippen molar-refractivity contribution in [3.8, 4) is 0 Å². The van der Waals surface area contributed by atoms with Gasteiger partial charge in [-0.05, 0) is 31.0 Å². The molecule has 138 valence electrons. The van der Waals surface area contributed by atoms with Crippen molar-refractivity contribution in [3.05, 3.63) is 42.0 Å². The van der Waals surface area contributed by atoms with E-state index in [1.165, 1.54) is 0 Å². The first kappa shape index (κ1) is 17.3. The van der Waals surface area contributed by atoms with Gasteiger partial charge in [0.25, 0.3) is 0 Å². The lowest BCUT2D eigenvalue weighted by molar-refractivity contribution is -0.152. The Kier molecular flexibility index (Phi) is 4.35. The van der Waals surface area contributed by atoms with Crippen LogP contribution in [0.25, 0.3) is 0 Å². The Hall–Kier alpha value is -2.14. The SMILES string of the molecule is CCCCCOC(=O)[C@@H]1[C@@H]2C=C[C@]3(CN(c4cccc(C)c4)C(=O)[C@H]13)O2. The minimum atomic E-state index is -0.696. The number of fused-ring (bicyclic) bond motifs is 1. The minimum Gasteiger partial charge on any atom is -0.465 e. The summed E-state index contributed by atoms with van der Waals surface area (Å²) in [6.45, 7) is 4.97. The number of carbonyl (C=O) groups excluding carboxylic acids is 2. The average Bonchev–Trinajstić information content (AvgIpc) is 3.27. The molecule has 4 rings (SSSR count). The fourth-order valence-corrected chi connectivity index (χ4v) is 4.40. The maximum atomic E-state index is 13.2. The molecule has 3 heterocycles. The number of aryl methyl sites for hydroxylation is 1. The van der Waals surface area contributed by atoms with Gasteiger partial charge in [-0.3, -0.25) is 9.59 Å². The number of benzene rings is 1. The second-order valence-corrected chi connectivity index (χ2v) is 7.54. The number of unbranched alkanes of at least 4 members (excludes halogenated alkanes) is 2. The van der Waals surface area contributed by atoms with Gasteiger partial charge >= 0.3 is 5.97 Å². The lowest BCUT2D eigenvalue weighted by Gasteiger charge is -2.22. The normalized spacial score (nSPS) is 31.5. The molecule has 1 aromatic carbocycles. The monoisotopic (exact) mass is 355 g/mol. The van der Waals surface area contributed by atoms with Crippen LogP contribution in [0.1, 0.15) is 31.7 Å². The van der Waals surface area contributed by atoms with Gasteiger partial charge in [-0.25, -0.2) is 0 Å². The zero-order chi connectivity index (χ0) is 18.3. The van der Waals surface area contributed by atoms with Crippen molar-refractivity contribution in [1.29, 1.82) is 0 Å². The van der Waals surface area contributed by atoms with Gasteiger partial charge in [-0.15, -0.1) is 0 Å². The molecule has 1 spiro atoms. The van der Waals surface area contributed by atoms with Gasteiger partial charge in [0, 0.05) is 5.69 Å². The summed E-state index contributed by atoms with van der Waals surface area (Å²) in [5, 5.41) is 0. The highest BCUT2D eigenvalue weighted by atomic mass is 16.6. The number of rotatable bonds is 6. The molecule has 2 saturated heterocycles. The molecule has 0 N–H and O–H groups in total. The lowest BCUT2D eigenvalue weighted by atomic mass is 9.77. The first-order valence-corrected chi connectivity index (χ1v) is 9.47. The van der Waals surface area contributed by atoms with Crippen LogP contribution in [-0.4, -0.2) is 36.7 Å². The van der Waals surface area contributed by atoms with Crippen molar-refractivity contribution in [1.82, 2.24) is 0 Å². The number of amides is 1. The molecule has 26 heavy (non-hydrogen) atoms. The Balaban J connectivity index is 1.55. The number of anilines is 1. The molecule has 3 aliphatic heterocycles. The van der Waals surface area contributed by atoms with Gasteiger partial charge in [0.2, 0.25) is 5.91 Å². The van der Waals surface area contributed by atoms with Gasteiger partial charge in [0.15, 0.2) is 0 Å². The predicted molar refractivity (Wildman–Crippen MR) is 97.7 cm³/mol. The van der Waals surface area contributed by atoms with Gasteiger partial charge in [-0.1, -0.05) is 44.1 Å². The summed E-state index contributed by atoms with van der Waals surface area (Å²) >= 11 is 0. The van der Waals surface area contributed by atoms with Crippen molar-refractivity contribution in [2.75, 3.05) is 18.1 Å². The zero-order valence-corrected chi connectivity index (χ0v) is 15.3. The number of ether oxygens (including phenoxy) is 2. The molecule has 0 unspecified atom stereocenters. The molecule has 1 aromatic rings. The third kappa shape index (κ3) is 2.65. The first-order valence-electron chi connectivity index (χ1n) is 9.47. The third-order valence-corrected chi connectivity index (χ3v) is 5.68. The van der Waals surface area contributed by atoms with E-state index in [2.05, 4.69) is 6.92 Å². The lowest BCUT2D eigenvalue weighted by Crippen LogP contribution is -2.40. The molecule has 0 aromatic heterocycles. The van der Waals surface area contributed by atoms with Crippen LogP contribution >= 0.6 is 0 Å². The average molecular weight is 355 g/mol. The van der Waals surface area contributed by atoms with E-state index in [0.29, 0.717) is 13.2 Å². The summed E-state index contributed by atoms with van der Waals surface area (Å²) < 4.78 is 11.6. The van der Waals surface area contributed by atoms with E-state index >= 15 is 0 Å². The Morgan fingerprint density at radius 1 is 1.38 bits per heavy atom. The van der Waals surface area contributed by atoms with Crippen molar-refractivity contribution >= 4 is 17.6 Å². The van der Waals surface area contributed by atoms with E-state index in [1.54, 1.807) is 4.90 Å². The van der Waals surface area contributed by atoms with Gasteiger partial charge in [0.1, 0.15) is 11.5 Å². The Labute approximate surface area is 154 Å². The van der Waals surface area contributed by atoms with E-state index in [-0.39, 0.29) is 18.0 Å². The largest absolute Gasteiger partial charge is 0.465 e. The molecule has 5 heteroatoms. The van der Waals surface area contributed by atoms with Crippen LogP contribution in [0.4, 0.5) is 5.69 Å². The third-order valence-electron chi connectivity index (χ3n) is 5.68. The van der Waals surface area contributed by atoms with Crippen LogP contribution in [-0.2, 0) is 19.1 Å². The van der Waals surface area contributed by atoms with Crippen LogP contribution in [0, 0.1) is 18.8 Å². The maximum Gasteiger partial charge on any atom is 0.312 e. The number of nitrogens with zero attached hydrogens (tertiary/aromatic N) is 1. The molecular formula is C21H25NO4. The van der Waals surface area contributed by atoms with Gasteiger partial charge in [0.05, 0.1) is 25.2 Å². The standard InChI is InChI=1S/C21H25NO4/c1-3-4-5-11-25-20(24)17-16-9-10-21(26-16)13-22(19(23)18(17)21)15-8-6-7-14(2)12-15/h6-10,12,16-18H,3-5,11,13H2,1-2H3/t16-,17+,18-,21+/m0/s1. The Morgan fingerprint density at radius 2 is 2.23 bits per heavy atom. The number of esters is 1.